The fourth-order valence-electron chi connectivity index (χ4n) is 2.07. The predicted octanol–water partition coefficient (Wildman–Crippen LogP) is 3.19. The van der Waals surface area contributed by atoms with Crippen molar-refractivity contribution in [2.24, 2.45) is 0 Å². The number of hydrogen-bond donors (Lipinski definition) is 1. The zero-order valence-electron chi connectivity index (χ0n) is 11.0. The van der Waals surface area contributed by atoms with Crippen molar-refractivity contribution >= 4 is 22.5 Å². The second kappa shape index (κ2) is 4.85. The number of rotatable bonds is 3. The third-order valence-electron chi connectivity index (χ3n) is 3.13. The molecule has 0 saturated carbocycles. The fraction of sp³-hybridized carbons (Fsp3) is 0.133. The molecule has 0 radical (unpaired) electrons. The molecule has 0 fully saturated rings. The Labute approximate surface area is 115 Å². The van der Waals surface area contributed by atoms with Crippen LogP contribution in [0.5, 0.6) is 0 Å². The maximum Gasteiger partial charge on any atom is 0.215 e. The number of anilines is 2. The normalized spacial score (nSPS) is 10.9. The van der Waals surface area contributed by atoms with Gasteiger partial charge >= 0.3 is 0 Å². The molecule has 4 nitrogen and oxygen atoms in total. The van der Waals surface area contributed by atoms with Crippen molar-refractivity contribution in [2.75, 3.05) is 17.7 Å². The average molecular weight is 271 g/mol. The molecular weight excluding hydrogens is 257 g/mol. The van der Waals surface area contributed by atoms with Crippen LogP contribution in [0.25, 0.3) is 11.1 Å². The minimum Gasteiger partial charge on any atom is -0.439 e. The van der Waals surface area contributed by atoms with Crippen molar-refractivity contribution in [3.63, 3.8) is 0 Å². The Hall–Kier alpha value is -2.56. The van der Waals surface area contributed by atoms with Crippen LogP contribution in [0.2, 0.25) is 0 Å². The summed E-state index contributed by atoms with van der Waals surface area (Å²) in [6, 6.07) is 11.7. The molecule has 2 aromatic carbocycles. The topological polar surface area (TPSA) is 55.3 Å². The van der Waals surface area contributed by atoms with Crippen LogP contribution in [0.1, 0.15) is 5.89 Å². The first-order valence-corrected chi connectivity index (χ1v) is 6.24. The Morgan fingerprint density at radius 1 is 1.20 bits per heavy atom. The second-order valence-corrected chi connectivity index (χ2v) is 4.63. The van der Waals surface area contributed by atoms with Crippen LogP contribution in [0, 0.1) is 5.82 Å². The number of para-hydroxylation sites is 1. The van der Waals surface area contributed by atoms with Crippen LogP contribution in [0.3, 0.4) is 0 Å². The SMILES string of the molecule is CN(Cc1nc2c(N)cccc2o1)c1ccc(F)cc1. The molecule has 0 bridgehead atoms. The standard InChI is InChI=1S/C15H14FN3O/c1-19(11-7-5-10(16)6-8-11)9-14-18-15-12(17)3-2-4-13(15)20-14/h2-8H,9,17H2,1H3. The van der Waals surface area contributed by atoms with E-state index >= 15 is 0 Å². The van der Waals surface area contributed by atoms with Gasteiger partial charge in [0.2, 0.25) is 5.89 Å². The lowest BCUT2D eigenvalue weighted by Gasteiger charge is -2.16. The highest BCUT2D eigenvalue weighted by atomic mass is 19.1. The largest absolute Gasteiger partial charge is 0.439 e. The number of hydrogen-bond acceptors (Lipinski definition) is 4. The van der Waals surface area contributed by atoms with Crippen LogP contribution in [-0.2, 0) is 6.54 Å². The number of nitrogen functional groups attached to an aromatic ring is 1. The molecule has 3 rings (SSSR count). The van der Waals surface area contributed by atoms with Crippen LogP contribution < -0.4 is 10.6 Å². The van der Waals surface area contributed by atoms with E-state index in [-0.39, 0.29) is 5.82 Å². The van der Waals surface area contributed by atoms with E-state index in [1.54, 1.807) is 18.2 Å². The quantitative estimate of drug-likeness (QED) is 0.743. The molecule has 0 unspecified atom stereocenters. The third kappa shape index (κ3) is 2.30. The molecule has 20 heavy (non-hydrogen) atoms. The molecule has 5 heteroatoms. The molecule has 1 heterocycles. The molecule has 0 aliphatic rings. The third-order valence-corrected chi connectivity index (χ3v) is 3.13. The van der Waals surface area contributed by atoms with Crippen molar-refractivity contribution in [3.05, 3.63) is 54.2 Å². The van der Waals surface area contributed by atoms with Crippen molar-refractivity contribution in [3.8, 4) is 0 Å². The summed E-state index contributed by atoms with van der Waals surface area (Å²) in [4.78, 5) is 6.32. The van der Waals surface area contributed by atoms with Gasteiger partial charge in [-0.2, -0.15) is 0 Å². The van der Waals surface area contributed by atoms with E-state index in [0.29, 0.717) is 29.2 Å². The number of nitrogens with zero attached hydrogens (tertiary/aromatic N) is 2. The number of halogens is 1. The van der Waals surface area contributed by atoms with Gasteiger partial charge in [0.05, 0.1) is 12.2 Å². The Balaban J connectivity index is 1.85. The van der Waals surface area contributed by atoms with Gasteiger partial charge in [0.15, 0.2) is 5.58 Å². The molecule has 102 valence electrons. The van der Waals surface area contributed by atoms with Crippen molar-refractivity contribution in [1.82, 2.24) is 4.98 Å². The van der Waals surface area contributed by atoms with E-state index in [1.165, 1.54) is 12.1 Å². The van der Waals surface area contributed by atoms with Gasteiger partial charge in [-0.25, -0.2) is 9.37 Å². The summed E-state index contributed by atoms with van der Waals surface area (Å²) in [7, 11) is 1.89. The van der Waals surface area contributed by atoms with Crippen molar-refractivity contribution in [2.45, 2.75) is 6.54 Å². The van der Waals surface area contributed by atoms with Gasteiger partial charge in [-0.05, 0) is 36.4 Å². The summed E-state index contributed by atoms with van der Waals surface area (Å²) >= 11 is 0. The Kier molecular flexibility index (Phi) is 3.02. The number of oxazole rings is 1. The van der Waals surface area contributed by atoms with Crippen LogP contribution in [-0.4, -0.2) is 12.0 Å². The molecule has 0 aliphatic heterocycles. The lowest BCUT2D eigenvalue weighted by molar-refractivity contribution is 0.527. The average Bonchev–Trinajstić information content (AvgIpc) is 2.83. The fourth-order valence-corrected chi connectivity index (χ4v) is 2.07. The predicted molar refractivity (Wildman–Crippen MR) is 76.9 cm³/mol. The first-order valence-electron chi connectivity index (χ1n) is 6.24. The van der Waals surface area contributed by atoms with Crippen LogP contribution in [0.15, 0.2) is 46.9 Å². The van der Waals surface area contributed by atoms with Gasteiger partial charge in [0.25, 0.3) is 0 Å². The second-order valence-electron chi connectivity index (χ2n) is 4.63. The Bertz CT molecular complexity index is 736. The maximum atomic E-state index is 12.9. The zero-order valence-corrected chi connectivity index (χ0v) is 11.0. The van der Waals surface area contributed by atoms with E-state index in [0.717, 1.165) is 5.69 Å². The van der Waals surface area contributed by atoms with E-state index in [1.807, 2.05) is 24.1 Å². The van der Waals surface area contributed by atoms with E-state index < -0.39 is 0 Å². The molecule has 0 amide bonds. The molecule has 1 aromatic heterocycles. The first-order chi connectivity index (χ1) is 9.63. The van der Waals surface area contributed by atoms with Gasteiger partial charge in [0, 0.05) is 12.7 Å². The van der Waals surface area contributed by atoms with Gasteiger partial charge < -0.3 is 15.1 Å². The van der Waals surface area contributed by atoms with Crippen molar-refractivity contribution in [1.29, 1.82) is 0 Å². The molecule has 3 aromatic rings. The highest BCUT2D eigenvalue weighted by Gasteiger charge is 2.10. The van der Waals surface area contributed by atoms with Gasteiger partial charge in [-0.15, -0.1) is 0 Å². The van der Waals surface area contributed by atoms with Gasteiger partial charge in [-0.1, -0.05) is 6.07 Å². The molecule has 0 saturated heterocycles. The zero-order chi connectivity index (χ0) is 14.1. The number of nitrogens with two attached hydrogens (primary N) is 1. The molecule has 2 N–H and O–H groups in total. The summed E-state index contributed by atoms with van der Waals surface area (Å²) < 4.78 is 18.6. The van der Waals surface area contributed by atoms with Crippen LogP contribution >= 0.6 is 0 Å². The minimum absolute atomic E-state index is 0.253. The summed E-state index contributed by atoms with van der Waals surface area (Å²) in [5.41, 5.74) is 8.69. The summed E-state index contributed by atoms with van der Waals surface area (Å²) in [6.45, 7) is 0.486. The molecule has 0 atom stereocenters. The molecule has 0 spiro atoms. The van der Waals surface area contributed by atoms with Crippen LogP contribution in [0.4, 0.5) is 15.8 Å². The van der Waals surface area contributed by atoms with Crippen molar-refractivity contribution < 1.29 is 8.81 Å². The Morgan fingerprint density at radius 3 is 2.65 bits per heavy atom. The lowest BCUT2D eigenvalue weighted by atomic mass is 10.3. The summed E-state index contributed by atoms with van der Waals surface area (Å²) in [6.07, 6.45) is 0. The van der Waals surface area contributed by atoms with Gasteiger partial charge in [0.1, 0.15) is 11.3 Å². The summed E-state index contributed by atoms with van der Waals surface area (Å²) in [5, 5.41) is 0. The van der Waals surface area contributed by atoms with E-state index in [4.69, 9.17) is 10.2 Å². The molecule has 0 aliphatic carbocycles. The minimum atomic E-state index is -0.253. The number of aromatic nitrogens is 1. The van der Waals surface area contributed by atoms with E-state index in [2.05, 4.69) is 4.98 Å². The first kappa shape index (κ1) is 12.5. The monoisotopic (exact) mass is 271 g/mol. The molecular formula is C15H14FN3O. The Morgan fingerprint density at radius 2 is 1.95 bits per heavy atom. The number of benzene rings is 2. The highest BCUT2D eigenvalue weighted by Crippen LogP contribution is 2.23. The van der Waals surface area contributed by atoms with Gasteiger partial charge in [-0.3, -0.25) is 0 Å². The lowest BCUT2D eigenvalue weighted by Crippen LogP contribution is -2.16. The highest BCUT2D eigenvalue weighted by molar-refractivity contribution is 5.85. The van der Waals surface area contributed by atoms with E-state index in [9.17, 15) is 4.39 Å². The summed E-state index contributed by atoms with van der Waals surface area (Å²) in [5.74, 6) is 0.321. The number of fused-ring (bicyclic) bond motifs is 1. The smallest absolute Gasteiger partial charge is 0.215 e. The maximum absolute atomic E-state index is 12.9.